The van der Waals surface area contributed by atoms with E-state index in [0.29, 0.717) is 29.8 Å². The minimum Gasteiger partial charge on any atom is -0.508 e. The molecule has 6 heteroatoms. The van der Waals surface area contributed by atoms with Gasteiger partial charge in [-0.15, -0.1) is 0 Å². The Hall–Kier alpha value is -2.24. The minimum absolute atomic E-state index is 0.119. The number of aromatic hydroxyl groups is 1. The quantitative estimate of drug-likeness (QED) is 0.862. The Morgan fingerprint density at radius 2 is 2.05 bits per heavy atom. The molecule has 0 spiro atoms. The molecule has 0 saturated heterocycles. The number of phenols is 1. The molecule has 1 aromatic carbocycles. The summed E-state index contributed by atoms with van der Waals surface area (Å²) >= 11 is 0. The van der Waals surface area contributed by atoms with Gasteiger partial charge in [0.05, 0.1) is 0 Å². The molecule has 3 rings (SSSR count). The molecule has 0 fully saturated rings. The molecule has 0 bridgehead atoms. The first kappa shape index (κ1) is 12.8. The minimum atomic E-state index is -0.465. The van der Waals surface area contributed by atoms with E-state index in [-0.39, 0.29) is 11.2 Å². The second kappa shape index (κ2) is 4.40. The Labute approximate surface area is 116 Å². The second-order valence-corrected chi connectivity index (χ2v) is 5.75. The van der Waals surface area contributed by atoms with Crippen molar-refractivity contribution in [2.75, 3.05) is 6.61 Å². The average Bonchev–Trinajstić information content (AvgIpc) is 2.87. The number of nitrogens with zero attached hydrogens (tertiary/aromatic N) is 2. The smallest absolute Gasteiger partial charge is 0.271 e. The Kier molecular flexibility index (Phi) is 2.81. The van der Waals surface area contributed by atoms with E-state index in [9.17, 15) is 5.11 Å². The number of phenolic OH excluding ortho intramolecular Hbond substituents is 1. The first-order chi connectivity index (χ1) is 9.43. The van der Waals surface area contributed by atoms with E-state index in [1.165, 1.54) is 6.07 Å². The van der Waals surface area contributed by atoms with E-state index in [1.807, 2.05) is 20.8 Å². The lowest BCUT2D eigenvalue weighted by Crippen LogP contribution is -2.22. The SMILES string of the molecule is CC(C)(C)c1noc(C2COc3ccc(O)cc3O2)n1. The Morgan fingerprint density at radius 3 is 2.75 bits per heavy atom. The van der Waals surface area contributed by atoms with Gasteiger partial charge in [-0.2, -0.15) is 4.98 Å². The molecule has 2 aromatic rings. The van der Waals surface area contributed by atoms with Crippen molar-refractivity contribution in [3.8, 4) is 17.2 Å². The van der Waals surface area contributed by atoms with Crippen molar-refractivity contribution in [3.05, 3.63) is 29.9 Å². The third-order valence-electron chi connectivity index (χ3n) is 2.97. The summed E-state index contributed by atoms with van der Waals surface area (Å²) in [7, 11) is 0. The maximum Gasteiger partial charge on any atom is 0.271 e. The molecule has 106 valence electrons. The largest absolute Gasteiger partial charge is 0.508 e. The molecule has 1 atom stereocenters. The summed E-state index contributed by atoms with van der Waals surface area (Å²) in [5, 5.41) is 13.4. The van der Waals surface area contributed by atoms with Crippen molar-refractivity contribution >= 4 is 0 Å². The standard InChI is InChI=1S/C14H16N2O4/c1-14(2,3)13-15-12(20-16-13)11-7-18-9-5-4-8(17)6-10(9)19-11/h4-6,11,17H,7H2,1-3H3. The van der Waals surface area contributed by atoms with Crippen molar-refractivity contribution in [3.63, 3.8) is 0 Å². The molecule has 0 radical (unpaired) electrons. The number of ether oxygens (including phenoxy) is 2. The molecule has 0 saturated carbocycles. The Bertz CT molecular complexity index is 630. The molecule has 20 heavy (non-hydrogen) atoms. The maximum absolute atomic E-state index is 9.47. The van der Waals surface area contributed by atoms with Crippen molar-refractivity contribution < 1.29 is 19.1 Å². The maximum atomic E-state index is 9.47. The van der Waals surface area contributed by atoms with Gasteiger partial charge in [-0.25, -0.2) is 0 Å². The number of rotatable bonds is 1. The molecule has 1 aliphatic heterocycles. The zero-order valence-corrected chi connectivity index (χ0v) is 11.6. The van der Waals surface area contributed by atoms with Gasteiger partial charge in [0.15, 0.2) is 17.3 Å². The summed E-state index contributed by atoms with van der Waals surface area (Å²) < 4.78 is 16.6. The van der Waals surface area contributed by atoms with E-state index in [0.717, 1.165) is 0 Å². The highest BCUT2D eigenvalue weighted by Gasteiger charge is 2.30. The predicted molar refractivity (Wildman–Crippen MR) is 70.0 cm³/mol. The van der Waals surface area contributed by atoms with Gasteiger partial charge < -0.3 is 19.1 Å². The molecule has 1 unspecified atom stereocenters. The molecule has 1 aromatic heterocycles. The Balaban J connectivity index is 1.85. The van der Waals surface area contributed by atoms with Crippen LogP contribution in [0.25, 0.3) is 0 Å². The van der Waals surface area contributed by atoms with E-state index in [1.54, 1.807) is 12.1 Å². The molecule has 0 amide bonds. The van der Waals surface area contributed by atoms with Crippen LogP contribution in [-0.2, 0) is 5.41 Å². The number of hydrogen-bond acceptors (Lipinski definition) is 6. The van der Waals surface area contributed by atoms with Crippen molar-refractivity contribution in [1.29, 1.82) is 0 Å². The summed E-state index contributed by atoms with van der Waals surface area (Å²) in [6, 6.07) is 4.71. The lowest BCUT2D eigenvalue weighted by atomic mass is 9.96. The van der Waals surface area contributed by atoms with Crippen molar-refractivity contribution in [2.45, 2.75) is 32.3 Å². The highest BCUT2D eigenvalue weighted by molar-refractivity contribution is 5.46. The summed E-state index contributed by atoms with van der Waals surface area (Å²) in [5.74, 6) is 2.18. The van der Waals surface area contributed by atoms with Crippen LogP contribution in [0.4, 0.5) is 0 Å². The fourth-order valence-electron chi connectivity index (χ4n) is 1.85. The van der Waals surface area contributed by atoms with Gasteiger partial charge in [-0.3, -0.25) is 0 Å². The van der Waals surface area contributed by atoms with Gasteiger partial charge in [0.25, 0.3) is 5.89 Å². The van der Waals surface area contributed by atoms with Crippen molar-refractivity contribution in [2.24, 2.45) is 0 Å². The van der Waals surface area contributed by atoms with E-state index < -0.39 is 6.10 Å². The fraction of sp³-hybridized carbons (Fsp3) is 0.429. The average molecular weight is 276 g/mol. The molecule has 1 aliphatic rings. The highest BCUT2D eigenvalue weighted by atomic mass is 16.6. The molecular weight excluding hydrogens is 260 g/mol. The number of fused-ring (bicyclic) bond motifs is 1. The van der Waals surface area contributed by atoms with E-state index >= 15 is 0 Å². The molecule has 1 N–H and O–H groups in total. The van der Waals surface area contributed by atoms with Gasteiger partial charge in [-0.05, 0) is 12.1 Å². The molecule has 2 heterocycles. The van der Waals surface area contributed by atoms with Crippen LogP contribution in [0.2, 0.25) is 0 Å². The zero-order chi connectivity index (χ0) is 14.3. The van der Waals surface area contributed by atoms with Gasteiger partial charge in [0, 0.05) is 11.5 Å². The van der Waals surface area contributed by atoms with Crippen molar-refractivity contribution in [1.82, 2.24) is 10.1 Å². The molecular formula is C14H16N2O4. The summed E-state index contributed by atoms with van der Waals surface area (Å²) in [4.78, 5) is 4.36. The first-order valence-electron chi connectivity index (χ1n) is 6.40. The summed E-state index contributed by atoms with van der Waals surface area (Å²) in [6.07, 6.45) is -0.465. The number of hydrogen-bond donors (Lipinski definition) is 1. The van der Waals surface area contributed by atoms with Gasteiger partial charge in [-0.1, -0.05) is 25.9 Å². The third kappa shape index (κ3) is 2.29. The van der Waals surface area contributed by atoms with Crippen LogP contribution in [0.5, 0.6) is 17.2 Å². The fourth-order valence-corrected chi connectivity index (χ4v) is 1.85. The lowest BCUT2D eigenvalue weighted by molar-refractivity contribution is 0.0662. The summed E-state index contributed by atoms with van der Waals surface area (Å²) in [6.45, 7) is 6.32. The topological polar surface area (TPSA) is 77.6 Å². The summed E-state index contributed by atoms with van der Waals surface area (Å²) in [5.41, 5.74) is -0.187. The first-order valence-corrected chi connectivity index (χ1v) is 6.40. The van der Waals surface area contributed by atoms with Crippen LogP contribution < -0.4 is 9.47 Å². The van der Waals surface area contributed by atoms with Gasteiger partial charge in [0.1, 0.15) is 12.4 Å². The van der Waals surface area contributed by atoms with Crippen LogP contribution in [-0.4, -0.2) is 21.9 Å². The number of benzene rings is 1. The van der Waals surface area contributed by atoms with Crippen LogP contribution >= 0.6 is 0 Å². The Morgan fingerprint density at radius 1 is 1.25 bits per heavy atom. The third-order valence-corrected chi connectivity index (χ3v) is 2.97. The lowest BCUT2D eigenvalue weighted by Gasteiger charge is -2.24. The zero-order valence-electron chi connectivity index (χ0n) is 11.6. The van der Waals surface area contributed by atoms with Crippen LogP contribution in [0.3, 0.4) is 0 Å². The van der Waals surface area contributed by atoms with Crippen LogP contribution in [0.15, 0.2) is 22.7 Å². The monoisotopic (exact) mass is 276 g/mol. The number of aromatic nitrogens is 2. The van der Waals surface area contributed by atoms with Crippen LogP contribution in [0, 0.1) is 0 Å². The van der Waals surface area contributed by atoms with E-state index in [4.69, 9.17) is 14.0 Å². The van der Waals surface area contributed by atoms with Gasteiger partial charge >= 0.3 is 0 Å². The van der Waals surface area contributed by atoms with Crippen LogP contribution in [0.1, 0.15) is 38.6 Å². The second-order valence-electron chi connectivity index (χ2n) is 5.75. The van der Waals surface area contributed by atoms with E-state index in [2.05, 4.69) is 10.1 Å². The normalized spacial score (nSPS) is 18.1. The molecule has 0 aliphatic carbocycles. The highest BCUT2D eigenvalue weighted by Crippen LogP contribution is 2.38. The van der Waals surface area contributed by atoms with Gasteiger partial charge in [0.2, 0.25) is 6.10 Å². The predicted octanol–water partition coefficient (Wildman–Crippen LogP) is 2.59. The molecule has 6 nitrogen and oxygen atoms in total.